The minimum Gasteiger partial charge on any atom is -0.463 e. The number of benzene rings is 1. The summed E-state index contributed by atoms with van der Waals surface area (Å²) < 4.78 is 15.5. The van der Waals surface area contributed by atoms with E-state index in [-0.39, 0.29) is 42.6 Å². The molecule has 0 aliphatic carbocycles. The van der Waals surface area contributed by atoms with Crippen molar-refractivity contribution in [2.45, 2.75) is 13.8 Å². The number of thioether (sulfide) groups is 1. The molecule has 0 radical (unpaired) electrons. The number of fused-ring (bicyclic) bond motifs is 1. The number of carbonyl (C=O) groups excluding carboxylic acids is 3. The van der Waals surface area contributed by atoms with Crippen molar-refractivity contribution in [3.8, 4) is 0 Å². The second-order valence-electron chi connectivity index (χ2n) is 6.18. The first-order valence-electron chi connectivity index (χ1n) is 8.92. The van der Waals surface area contributed by atoms with Crippen molar-refractivity contribution in [3.63, 3.8) is 0 Å². The maximum absolute atomic E-state index is 12.3. The molecule has 29 heavy (non-hydrogen) atoms. The van der Waals surface area contributed by atoms with E-state index in [4.69, 9.17) is 13.9 Å². The molecule has 152 valence electrons. The van der Waals surface area contributed by atoms with Crippen LogP contribution in [0.2, 0.25) is 0 Å². The summed E-state index contributed by atoms with van der Waals surface area (Å²) in [5, 5.41) is 0.826. The number of ether oxygens (including phenoxy) is 2. The van der Waals surface area contributed by atoms with Crippen LogP contribution in [-0.4, -0.2) is 48.3 Å². The van der Waals surface area contributed by atoms with Crippen molar-refractivity contribution >= 4 is 40.6 Å². The number of carbonyl (C=O) groups is 3. The molecule has 9 heteroatoms. The number of amides is 1. The van der Waals surface area contributed by atoms with Crippen LogP contribution in [0, 0.1) is 6.92 Å². The lowest BCUT2D eigenvalue weighted by molar-refractivity contribution is -0.137. The van der Waals surface area contributed by atoms with E-state index in [9.17, 15) is 19.2 Å². The Bertz CT molecular complexity index is 1060. The van der Waals surface area contributed by atoms with E-state index in [1.54, 1.807) is 25.1 Å². The predicted molar refractivity (Wildman–Crippen MR) is 106 cm³/mol. The fourth-order valence-electron chi connectivity index (χ4n) is 2.73. The van der Waals surface area contributed by atoms with Crippen LogP contribution in [0.1, 0.15) is 23.0 Å². The molecule has 8 nitrogen and oxygen atoms in total. The summed E-state index contributed by atoms with van der Waals surface area (Å²) in [5.41, 5.74) is 0.855. The summed E-state index contributed by atoms with van der Waals surface area (Å²) >= 11 is 1.21. The highest BCUT2D eigenvalue weighted by molar-refractivity contribution is 8.04. The van der Waals surface area contributed by atoms with Crippen LogP contribution in [0.25, 0.3) is 11.0 Å². The summed E-state index contributed by atoms with van der Waals surface area (Å²) in [6.45, 7) is 3.71. The fourth-order valence-corrected chi connectivity index (χ4v) is 3.68. The smallest absolute Gasteiger partial charge is 0.374 e. The summed E-state index contributed by atoms with van der Waals surface area (Å²) in [4.78, 5) is 49.4. The maximum atomic E-state index is 12.3. The molecule has 0 bridgehead atoms. The van der Waals surface area contributed by atoms with E-state index in [1.165, 1.54) is 22.7 Å². The lowest BCUT2D eigenvalue weighted by atomic mass is 10.1. The van der Waals surface area contributed by atoms with Gasteiger partial charge in [-0.3, -0.25) is 9.59 Å². The molecule has 1 aromatic heterocycles. The van der Waals surface area contributed by atoms with Gasteiger partial charge in [-0.1, -0.05) is 23.4 Å². The molecule has 0 spiro atoms. The lowest BCUT2D eigenvalue weighted by Gasteiger charge is -2.16. The zero-order valence-electron chi connectivity index (χ0n) is 15.9. The van der Waals surface area contributed by atoms with Gasteiger partial charge in [0, 0.05) is 6.07 Å². The molecule has 1 amide bonds. The molecule has 1 aliphatic rings. The molecule has 1 aromatic carbocycles. The van der Waals surface area contributed by atoms with Crippen LogP contribution >= 0.6 is 11.8 Å². The van der Waals surface area contributed by atoms with E-state index in [1.807, 2.05) is 6.92 Å². The highest BCUT2D eigenvalue weighted by Crippen LogP contribution is 2.28. The summed E-state index contributed by atoms with van der Waals surface area (Å²) in [6, 6.07) is 6.17. The molecule has 1 saturated heterocycles. The van der Waals surface area contributed by atoms with Crippen LogP contribution in [0.3, 0.4) is 0 Å². The lowest BCUT2D eigenvalue weighted by Crippen LogP contribution is -2.29. The molecule has 1 aliphatic heterocycles. The van der Waals surface area contributed by atoms with Gasteiger partial charge in [-0.2, -0.15) is 0 Å². The van der Waals surface area contributed by atoms with Gasteiger partial charge in [-0.05, 0) is 26.0 Å². The van der Waals surface area contributed by atoms with Crippen LogP contribution in [0.4, 0.5) is 0 Å². The van der Waals surface area contributed by atoms with Crippen molar-refractivity contribution in [2.75, 3.05) is 25.5 Å². The van der Waals surface area contributed by atoms with Crippen LogP contribution in [-0.2, 0) is 19.1 Å². The average molecular weight is 417 g/mol. The van der Waals surface area contributed by atoms with Gasteiger partial charge in [0.15, 0.2) is 5.43 Å². The average Bonchev–Trinajstić information content (AvgIpc) is 3.02. The molecule has 0 atom stereocenters. The summed E-state index contributed by atoms with van der Waals surface area (Å²) in [6.07, 6.45) is 1.24. The number of nitrogens with zero attached hydrogens (tertiary/aromatic N) is 1. The van der Waals surface area contributed by atoms with Crippen LogP contribution in [0.15, 0.2) is 44.6 Å². The molecule has 1 fully saturated rings. The molecule has 0 N–H and O–H groups in total. The second kappa shape index (κ2) is 8.95. The van der Waals surface area contributed by atoms with E-state index in [0.717, 1.165) is 11.6 Å². The predicted octanol–water partition coefficient (Wildman–Crippen LogP) is 2.24. The Morgan fingerprint density at radius 3 is 2.79 bits per heavy atom. The largest absolute Gasteiger partial charge is 0.463 e. The normalized spacial score (nSPS) is 15.2. The quantitative estimate of drug-likeness (QED) is 0.521. The van der Waals surface area contributed by atoms with Gasteiger partial charge < -0.3 is 18.8 Å². The molecule has 2 aromatic rings. The third kappa shape index (κ3) is 4.86. The molecule has 0 unspecified atom stereocenters. The van der Waals surface area contributed by atoms with Gasteiger partial charge >= 0.3 is 11.9 Å². The Hall–Kier alpha value is -3.07. The Morgan fingerprint density at radius 1 is 1.24 bits per heavy atom. The highest BCUT2D eigenvalue weighted by Gasteiger charge is 2.27. The molecular weight excluding hydrogens is 398 g/mol. The molecular formula is C20H19NO7S. The molecule has 0 saturated carbocycles. The van der Waals surface area contributed by atoms with Crippen molar-refractivity contribution < 1.29 is 28.3 Å². The minimum absolute atomic E-state index is 0.0693. The van der Waals surface area contributed by atoms with Crippen LogP contribution < -0.4 is 5.43 Å². The topological polar surface area (TPSA) is 103 Å². The Kier molecular flexibility index (Phi) is 6.38. The Morgan fingerprint density at radius 2 is 2.03 bits per heavy atom. The third-order valence-corrected chi connectivity index (χ3v) is 5.10. The number of rotatable bonds is 6. The zero-order chi connectivity index (χ0) is 21.0. The van der Waals surface area contributed by atoms with E-state index < -0.39 is 11.9 Å². The SMILES string of the molecule is CCOC(=O)/C=C1\SCC(=O)N1CCOC(=O)c1cc(=O)c2cc(C)ccc2o1. The van der Waals surface area contributed by atoms with Gasteiger partial charge in [-0.25, -0.2) is 9.59 Å². The summed E-state index contributed by atoms with van der Waals surface area (Å²) in [5.74, 6) is -1.57. The number of aryl methyl sites for hydroxylation is 1. The van der Waals surface area contributed by atoms with Gasteiger partial charge in [0.2, 0.25) is 11.7 Å². The first-order chi connectivity index (χ1) is 13.9. The van der Waals surface area contributed by atoms with Gasteiger partial charge in [-0.15, -0.1) is 0 Å². The molecule has 3 rings (SSSR count). The zero-order valence-corrected chi connectivity index (χ0v) is 16.7. The number of hydrogen-bond acceptors (Lipinski definition) is 8. The first kappa shape index (κ1) is 20.7. The fraction of sp³-hybridized carbons (Fsp3) is 0.300. The Balaban J connectivity index is 1.65. The van der Waals surface area contributed by atoms with Gasteiger partial charge in [0.1, 0.15) is 12.2 Å². The maximum Gasteiger partial charge on any atom is 0.374 e. The van der Waals surface area contributed by atoms with Crippen molar-refractivity contribution in [1.82, 2.24) is 4.90 Å². The van der Waals surface area contributed by atoms with Gasteiger partial charge in [0.05, 0.1) is 35.4 Å². The third-order valence-electron chi connectivity index (χ3n) is 4.07. The first-order valence-corrected chi connectivity index (χ1v) is 9.91. The summed E-state index contributed by atoms with van der Waals surface area (Å²) in [7, 11) is 0. The van der Waals surface area contributed by atoms with Crippen molar-refractivity contribution in [3.05, 3.63) is 56.9 Å². The second-order valence-corrected chi connectivity index (χ2v) is 7.17. The van der Waals surface area contributed by atoms with Crippen molar-refractivity contribution in [2.24, 2.45) is 0 Å². The van der Waals surface area contributed by atoms with Crippen molar-refractivity contribution in [1.29, 1.82) is 0 Å². The van der Waals surface area contributed by atoms with E-state index in [2.05, 4.69) is 0 Å². The van der Waals surface area contributed by atoms with Crippen LogP contribution in [0.5, 0.6) is 0 Å². The number of esters is 2. The Labute approximate surface area is 170 Å². The molecule has 2 heterocycles. The monoisotopic (exact) mass is 417 g/mol. The standard InChI is InChI=1S/C20H19NO7S/c1-3-26-19(24)10-18-21(17(23)11-29-18)6-7-27-20(25)16-9-14(22)13-8-12(2)4-5-15(13)28-16/h4-5,8-10H,3,6-7,11H2,1-2H3/b18-10-. The minimum atomic E-state index is -0.806. The number of hydrogen-bond donors (Lipinski definition) is 0. The highest BCUT2D eigenvalue weighted by atomic mass is 32.2. The van der Waals surface area contributed by atoms with E-state index in [0.29, 0.717) is 16.0 Å². The van der Waals surface area contributed by atoms with E-state index >= 15 is 0 Å². The van der Waals surface area contributed by atoms with Gasteiger partial charge in [0.25, 0.3) is 0 Å².